The van der Waals surface area contributed by atoms with E-state index in [0.717, 1.165) is 31.6 Å². The average Bonchev–Trinajstić information content (AvgIpc) is 2.43. The van der Waals surface area contributed by atoms with Gasteiger partial charge in [0.1, 0.15) is 5.75 Å². The van der Waals surface area contributed by atoms with Gasteiger partial charge in [-0.15, -0.1) is 0 Å². The van der Waals surface area contributed by atoms with Crippen LogP contribution in [0.2, 0.25) is 0 Å². The van der Waals surface area contributed by atoms with Gasteiger partial charge >= 0.3 is 0 Å². The fourth-order valence-corrected chi connectivity index (χ4v) is 2.19. The van der Waals surface area contributed by atoms with Crippen LogP contribution in [-0.2, 0) is 0 Å². The Bertz CT molecular complexity index is 373. The molecule has 2 unspecified atom stereocenters. The highest BCUT2D eigenvalue weighted by atomic mass is 16.5. The standard InChI is InChI=1S/C17H29NO2/c1-5-11-17(4,19)13-18-14(3)15-7-9-16(10-8-15)20-12-6-2/h7-10,14,18-19H,5-6,11-13H2,1-4H3. The fourth-order valence-electron chi connectivity index (χ4n) is 2.19. The highest BCUT2D eigenvalue weighted by molar-refractivity contribution is 5.28. The fraction of sp³-hybridized carbons (Fsp3) is 0.647. The molecule has 0 saturated carbocycles. The Morgan fingerprint density at radius 2 is 1.85 bits per heavy atom. The molecule has 2 atom stereocenters. The molecule has 114 valence electrons. The Balaban J connectivity index is 2.49. The summed E-state index contributed by atoms with van der Waals surface area (Å²) >= 11 is 0. The van der Waals surface area contributed by atoms with Gasteiger partial charge in [0.15, 0.2) is 0 Å². The molecule has 0 saturated heterocycles. The van der Waals surface area contributed by atoms with Crippen LogP contribution in [0.5, 0.6) is 5.75 Å². The summed E-state index contributed by atoms with van der Waals surface area (Å²) in [5.74, 6) is 0.917. The van der Waals surface area contributed by atoms with Crippen LogP contribution in [0, 0.1) is 0 Å². The Hall–Kier alpha value is -1.06. The molecule has 1 rings (SSSR count). The second kappa shape index (κ2) is 8.28. The third-order valence-electron chi connectivity index (χ3n) is 3.43. The molecule has 20 heavy (non-hydrogen) atoms. The zero-order valence-electron chi connectivity index (χ0n) is 13.3. The number of aliphatic hydroxyl groups is 1. The molecule has 2 N–H and O–H groups in total. The molecule has 3 nitrogen and oxygen atoms in total. The minimum Gasteiger partial charge on any atom is -0.494 e. The molecule has 3 heteroatoms. The molecule has 1 aromatic carbocycles. The number of hydrogen-bond donors (Lipinski definition) is 2. The van der Waals surface area contributed by atoms with Crippen LogP contribution in [0.15, 0.2) is 24.3 Å². The Morgan fingerprint density at radius 1 is 1.20 bits per heavy atom. The van der Waals surface area contributed by atoms with E-state index in [-0.39, 0.29) is 6.04 Å². The first-order valence-electron chi connectivity index (χ1n) is 7.67. The zero-order valence-corrected chi connectivity index (χ0v) is 13.3. The molecule has 0 amide bonds. The lowest BCUT2D eigenvalue weighted by Crippen LogP contribution is -2.38. The smallest absolute Gasteiger partial charge is 0.119 e. The normalized spacial score (nSPS) is 15.7. The second-order valence-electron chi connectivity index (χ2n) is 5.77. The summed E-state index contributed by atoms with van der Waals surface area (Å²) in [6.45, 7) is 9.56. The van der Waals surface area contributed by atoms with Gasteiger partial charge in [-0.1, -0.05) is 32.4 Å². The molecule has 0 heterocycles. The van der Waals surface area contributed by atoms with Gasteiger partial charge in [-0.3, -0.25) is 0 Å². The van der Waals surface area contributed by atoms with Gasteiger partial charge in [0, 0.05) is 12.6 Å². The Morgan fingerprint density at radius 3 is 2.40 bits per heavy atom. The molecule has 0 aliphatic heterocycles. The summed E-state index contributed by atoms with van der Waals surface area (Å²) in [5.41, 5.74) is 0.578. The SMILES string of the molecule is CCCOc1ccc(C(C)NCC(C)(O)CCC)cc1. The maximum atomic E-state index is 10.2. The zero-order chi connectivity index (χ0) is 15.0. The maximum Gasteiger partial charge on any atom is 0.119 e. The van der Waals surface area contributed by atoms with Gasteiger partial charge in [0.2, 0.25) is 0 Å². The van der Waals surface area contributed by atoms with Crippen molar-refractivity contribution in [3.05, 3.63) is 29.8 Å². The summed E-state index contributed by atoms with van der Waals surface area (Å²) in [5, 5.41) is 13.6. The summed E-state index contributed by atoms with van der Waals surface area (Å²) in [6, 6.07) is 8.40. The van der Waals surface area contributed by atoms with Crippen molar-refractivity contribution >= 4 is 0 Å². The van der Waals surface area contributed by atoms with Crippen molar-refractivity contribution in [1.29, 1.82) is 0 Å². The number of ether oxygens (including phenoxy) is 1. The molecule has 0 aromatic heterocycles. The monoisotopic (exact) mass is 279 g/mol. The predicted octanol–water partition coefficient (Wildman–Crippen LogP) is 3.68. The summed E-state index contributed by atoms with van der Waals surface area (Å²) in [6.07, 6.45) is 2.83. The van der Waals surface area contributed by atoms with Gasteiger partial charge in [0.25, 0.3) is 0 Å². The summed E-state index contributed by atoms with van der Waals surface area (Å²) in [7, 11) is 0. The predicted molar refractivity (Wildman–Crippen MR) is 84.2 cm³/mol. The van der Waals surface area contributed by atoms with Crippen molar-refractivity contribution in [2.45, 2.75) is 58.6 Å². The van der Waals surface area contributed by atoms with Gasteiger partial charge in [-0.25, -0.2) is 0 Å². The van der Waals surface area contributed by atoms with E-state index >= 15 is 0 Å². The molecule has 0 aliphatic carbocycles. The number of hydrogen-bond acceptors (Lipinski definition) is 3. The maximum absolute atomic E-state index is 10.2. The highest BCUT2D eigenvalue weighted by Crippen LogP contribution is 2.19. The molecule has 0 aliphatic rings. The van der Waals surface area contributed by atoms with Crippen molar-refractivity contribution in [2.24, 2.45) is 0 Å². The van der Waals surface area contributed by atoms with Crippen LogP contribution in [0.1, 0.15) is 58.6 Å². The van der Waals surface area contributed by atoms with Crippen molar-refractivity contribution in [1.82, 2.24) is 5.32 Å². The molecule has 0 spiro atoms. The molecule has 0 bridgehead atoms. The van der Waals surface area contributed by atoms with E-state index in [1.807, 2.05) is 19.1 Å². The van der Waals surface area contributed by atoms with Crippen molar-refractivity contribution in [3.8, 4) is 5.75 Å². The molecule has 0 fully saturated rings. The Kier molecular flexibility index (Phi) is 7.03. The number of benzene rings is 1. The molecular weight excluding hydrogens is 250 g/mol. The number of nitrogens with one attached hydrogen (secondary N) is 1. The first-order valence-corrected chi connectivity index (χ1v) is 7.67. The second-order valence-corrected chi connectivity index (χ2v) is 5.77. The molecular formula is C17H29NO2. The lowest BCUT2D eigenvalue weighted by molar-refractivity contribution is 0.0476. The molecule has 1 aromatic rings. The largest absolute Gasteiger partial charge is 0.494 e. The van der Waals surface area contributed by atoms with E-state index in [1.54, 1.807) is 0 Å². The van der Waals surface area contributed by atoms with E-state index in [0.29, 0.717) is 6.54 Å². The van der Waals surface area contributed by atoms with Crippen LogP contribution < -0.4 is 10.1 Å². The van der Waals surface area contributed by atoms with E-state index in [4.69, 9.17) is 4.74 Å². The van der Waals surface area contributed by atoms with Gasteiger partial charge in [0.05, 0.1) is 12.2 Å². The van der Waals surface area contributed by atoms with Gasteiger partial charge < -0.3 is 15.2 Å². The number of rotatable bonds is 9. The van der Waals surface area contributed by atoms with Crippen LogP contribution in [0.25, 0.3) is 0 Å². The van der Waals surface area contributed by atoms with E-state index in [9.17, 15) is 5.11 Å². The van der Waals surface area contributed by atoms with Crippen molar-refractivity contribution in [3.63, 3.8) is 0 Å². The average molecular weight is 279 g/mol. The van der Waals surface area contributed by atoms with Crippen LogP contribution >= 0.6 is 0 Å². The highest BCUT2D eigenvalue weighted by Gasteiger charge is 2.19. The van der Waals surface area contributed by atoms with Crippen molar-refractivity contribution < 1.29 is 9.84 Å². The molecule has 0 radical (unpaired) electrons. The van der Waals surface area contributed by atoms with Crippen LogP contribution in [0.4, 0.5) is 0 Å². The minimum absolute atomic E-state index is 0.221. The summed E-state index contributed by atoms with van der Waals surface area (Å²) < 4.78 is 5.58. The Labute approximate surface area is 123 Å². The van der Waals surface area contributed by atoms with Crippen LogP contribution in [0.3, 0.4) is 0 Å². The first kappa shape index (κ1) is 17.0. The van der Waals surface area contributed by atoms with E-state index < -0.39 is 5.60 Å². The minimum atomic E-state index is -0.632. The van der Waals surface area contributed by atoms with Gasteiger partial charge in [-0.2, -0.15) is 0 Å². The third kappa shape index (κ3) is 5.93. The topological polar surface area (TPSA) is 41.5 Å². The lowest BCUT2D eigenvalue weighted by atomic mass is 9.99. The summed E-state index contributed by atoms with van der Waals surface area (Å²) in [4.78, 5) is 0. The quantitative estimate of drug-likeness (QED) is 0.724. The van der Waals surface area contributed by atoms with E-state index in [1.165, 1.54) is 5.56 Å². The van der Waals surface area contributed by atoms with E-state index in [2.05, 4.69) is 38.2 Å². The van der Waals surface area contributed by atoms with Crippen molar-refractivity contribution in [2.75, 3.05) is 13.2 Å². The third-order valence-corrected chi connectivity index (χ3v) is 3.43. The van der Waals surface area contributed by atoms with Crippen LogP contribution in [-0.4, -0.2) is 23.9 Å². The lowest BCUT2D eigenvalue weighted by Gasteiger charge is -2.25. The first-order chi connectivity index (χ1) is 9.48. The van der Waals surface area contributed by atoms with Gasteiger partial charge in [-0.05, 0) is 44.4 Å².